The van der Waals surface area contributed by atoms with Gasteiger partial charge in [-0.1, -0.05) is 57.5 Å². The van der Waals surface area contributed by atoms with Gasteiger partial charge in [-0.25, -0.2) is 0 Å². The summed E-state index contributed by atoms with van der Waals surface area (Å²) in [4.78, 5) is 6.53. The molecule has 0 aliphatic carbocycles. The topological polar surface area (TPSA) is 16.1 Å². The van der Waals surface area contributed by atoms with Crippen LogP contribution in [0.5, 0.6) is 0 Å². The lowest BCUT2D eigenvalue weighted by Crippen LogP contribution is -2.25. The van der Waals surface area contributed by atoms with Crippen molar-refractivity contribution in [3.63, 3.8) is 0 Å². The fourth-order valence-corrected chi connectivity index (χ4v) is 3.28. The third kappa shape index (κ3) is 5.61. The number of aromatic nitrogens is 1. The minimum absolute atomic E-state index is 0.137. The van der Waals surface area contributed by atoms with Gasteiger partial charge in [0.25, 0.3) is 0 Å². The highest BCUT2D eigenvalue weighted by molar-refractivity contribution is 6.31. The summed E-state index contributed by atoms with van der Waals surface area (Å²) in [6.07, 6.45) is 4.75. The quantitative estimate of drug-likeness (QED) is 0.702. The average Bonchev–Trinajstić information content (AvgIpc) is 2.49. The van der Waals surface area contributed by atoms with E-state index in [0.717, 1.165) is 24.5 Å². The van der Waals surface area contributed by atoms with Gasteiger partial charge in [0.15, 0.2) is 0 Å². The lowest BCUT2D eigenvalue weighted by Gasteiger charge is -2.23. The van der Waals surface area contributed by atoms with Crippen LogP contribution in [0.2, 0.25) is 5.02 Å². The van der Waals surface area contributed by atoms with Gasteiger partial charge in [-0.15, -0.1) is 0 Å². The van der Waals surface area contributed by atoms with E-state index in [2.05, 4.69) is 68.9 Å². The Kier molecular flexibility index (Phi) is 6.42. The first-order chi connectivity index (χ1) is 11.3. The first-order valence-corrected chi connectivity index (χ1v) is 9.00. The molecule has 1 atom stereocenters. The number of benzene rings is 1. The van der Waals surface area contributed by atoms with Gasteiger partial charge in [0.1, 0.15) is 0 Å². The van der Waals surface area contributed by atoms with E-state index in [-0.39, 0.29) is 5.41 Å². The lowest BCUT2D eigenvalue weighted by atomic mass is 9.86. The number of pyridine rings is 1. The molecule has 0 spiro atoms. The van der Waals surface area contributed by atoms with Crippen molar-refractivity contribution in [2.24, 2.45) is 5.92 Å². The number of halogens is 1. The Morgan fingerprint density at radius 3 is 2.54 bits per heavy atom. The molecule has 0 bridgehead atoms. The third-order valence-corrected chi connectivity index (χ3v) is 4.64. The van der Waals surface area contributed by atoms with Crippen molar-refractivity contribution in [1.29, 1.82) is 0 Å². The van der Waals surface area contributed by atoms with Crippen LogP contribution in [0.25, 0.3) is 0 Å². The van der Waals surface area contributed by atoms with Gasteiger partial charge in [-0.2, -0.15) is 0 Å². The van der Waals surface area contributed by atoms with Crippen molar-refractivity contribution in [3.05, 3.63) is 64.4 Å². The molecule has 1 aromatic heterocycles. The van der Waals surface area contributed by atoms with Crippen molar-refractivity contribution in [3.8, 4) is 0 Å². The van der Waals surface area contributed by atoms with Crippen molar-refractivity contribution in [2.45, 2.75) is 46.1 Å². The highest BCUT2D eigenvalue weighted by atomic mass is 35.5. The zero-order valence-corrected chi connectivity index (χ0v) is 16.3. The summed E-state index contributed by atoms with van der Waals surface area (Å²) >= 11 is 6.52. The zero-order chi connectivity index (χ0) is 17.7. The van der Waals surface area contributed by atoms with Crippen LogP contribution in [0.15, 0.2) is 42.7 Å². The fraction of sp³-hybridized carbons (Fsp3) is 0.476. The Morgan fingerprint density at radius 1 is 1.21 bits per heavy atom. The lowest BCUT2D eigenvalue weighted by molar-refractivity contribution is 0.277. The summed E-state index contributed by atoms with van der Waals surface area (Å²) in [6, 6.07) is 10.6. The van der Waals surface area contributed by atoms with Gasteiger partial charge in [0.2, 0.25) is 0 Å². The molecule has 0 aliphatic heterocycles. The van der Waals surface area contributed by atoms with Crippen LogP contribution in [-0.4, -0.2) is 23.5 Å². The van der Waals surface area contributed by atoms with Gasteiger partial charge < -0.3 is 4.90 Å². The number of hydrogen-bond donors (Lipinski definition) is 0. The highest BCUT2D eigenvalue weighted by Gasteiger charge is 2.16. The first kappa shape index (κ1) is 19.0. The molecule has 24 heavy (non-hydrogen) atoms. The second-order valence-electron chi connectivity index (χ2n) is 7.92. The van der Waals surface area contributed by atoms with E-state index in [1.807, 2.05) is 18.5 Å². The average molecular weight is 345 g/mol. The molecule has 130 valence electrons. The van der Waals surface area contributed by atoms with Crippen LogP contribution in [0.4, 0.5) is 0 Å². The molecule has 0 N–H and O–H groups in total. The largest absolute Gasteiger partial charge is 0.302 e. The highest BCUT2D eigenvalue weighted by Crippen LogP contribution is 2.28. The molecule has 1 unspecified atom stereocenters. The molecule has 1 aromatic carbocycles. The molecule has 0 amide bonds. The van der Waals surface area contributed by atoms with E-state index in [9.17, 15) is 0 Å². The summed E-state index contributed by atoms with van der Waals surface area (Å²) in [5, 5.41) is 0.893. The van der Waals surface area contributed by atoms with Crippen LogP contribution in [0.3, 0.4) is 0 Å². The van der Waals surface area contributed by atoms with Crippen LogP contribution < -0.4 is 0 Å². The molecule has 0 radical (unpaired) electrons. The van der Waals surface area contributed by atoms with E-state index in [1.54, 1.807) is 0 Å². The van der Waals surface area contributed by atoms with Crippen LogP contribution in [0.1, 0.15) is 44.4 Å². The standard InChI is InChI=1S/C21H29ClN2/c1-16(14-24(5)15-17-7-6-10-23-13-17)11-18-8-9-19(12-20(18)22)21(2,3)4/h6-10,12-13,16H,11,14-15H2,1-5H3. The molecular formula is C21H29ClN2. The van der Waals surface area contributed by atoms with Gasteiger partial charge in [-0.05, 0) is 53.6 Å². The smallest absolute Gasteiger partial charge is 0.0441 e. The maximum atomic E-state index is 6.52. The maximum Gasteiger partial charge on any atom is 0.0441 e. The first-order valence-electron chi connectivity index (χ1n) is 8.62. The van der Waals surface area contributed by atoms with Crippen LogP contribution >= 0.6 is 11.6 Å². The van der Waals surface area contributed by atoms with Gasteiger partial charge in [0, 0.05) is 30.5 Å². The van der Waals surface area contributed by atoms with Gasteiger partial charge >= 0.3 is 0 Å². The summed E-state index contributed by atoms with van der Waals surface area (Å²) in [6.45, 7) is 10.9. The molecule has 3 heteroatoms. The molecule has 1 heterocycles. The Balaban J connectivity index is 1.93. The number of rotatable bonds is 6. The van der Waals surface area contributed by atoms with Crippen LogP contribution in [0, 0.1) is 5.92 Å². The van der Waals surface area contributed by atoms with Gasteiger partial charge in [-0.3, -0.25) is 4.98 Å². The normalized spacial score (nSPS) is 13.3. The Hall–Kier alpha value is -1.38. The predicted molar refractivity (Wildman–Crippen MR) is 104 cm³/mol. The van der Waals surface area contributed by atoms with Gasteiger partial charge in [0.05, 0.1) is 0 Å². The Bertz CT molecular complexity index is 647. The molecule has 0 saturated carbocycles. The van der Waals surface area contributed by atoms with Crippen molar-refractivity contribution >= 4 is 11.6 Å². The minimum atomic E-state index is 0.137. The second-order valence-corrected chi connectivity index (χ2v) is 8.33. The number of nitrogens with zero attached hydrogens (tertiary/aromatic N) is 2. The SMILES string of the molecule is CC(Cc1ccc(C(C)(C)C)cc1Cl)CN(C)Cc1cccnc1. The van der Waals surface area contributed by atoms with Crippen molar-refractivity contribution in [2.75, 3.05) is 13.6 Å². The number of hydrogen-bond acceptors (Lipinski definition) is 2. The minimum Gasteiger partial charge on any atom is -0.302 e. The summed E-state index contributed by atoms with van der Waals surface area (Å²) in [7, 11) is 2.16. The summed E-state index contributed by atoms with van der Waals surface area (Å²) in [5.41, 5.74) is 3.92. The zero-order valence-electron chi connectivity index (χ0n) is 15.5. The van der Waals surface area contributed by atoms with Crippen molar-refractivity contribution in [1.82, 2.24) is 9.88 Å². The van der Waals surface area contributed by atoms with E-state index < -0.39 is 0 Å². The predicted octanol–water partition coefficient (Wildman–Crippen LogP) is 5.34. The molecule has 0 aliphatic rings. The summed E-state index contributed by atoms with van der Waals surface area (Å²) < 4.78 is 0. The molecule has 2 aromatic rings. The molecule has 2 rings (SSSR count). The maximum absolute atomic E-state index is 6.52. The molecular weight excluding hydrogens is 316 g/mol. The fourth-order valence-electron chi connectivity index (χ4n) is 3.02. The second kappa shape index (κ2) is 8.13. The Labute approximate surface area is 151 Å². The van der Waals surface area contributed by atoms with E-state index in [1.165, 1.54) is 16.7 Å². The molecule has 2 nitrogen and oxygen atoms in total. The van der Waals surface area contributed by atoms with E-state index in [0.29, 0.717) is 5.92 Å². The van der Waals surface area contributed by atoms with E-state index in [4.69, 9.17) is 11.6 Å². The monoisotopic (exact) mass is 344 g/mol. The molecule has 0 fully saturated rings. The summed E-state index contributed by atoms with van der Waals surface area (Å²) in [5.74, 6) is 0.546. The Morgan fingerprint density at radius 2 is 1.96 bits per heavy atom. The van der Waals surface area contributed by atoms with E-state index >= 15 is 0 Å². The third-order valence-electron chi connectivity index (χ3n) is 4.29. The molecule has 0 saturated heterocycles. The van der Waals surface area contributed by atoms with Crippen molar-refractivity contribution < 1.29 is 0 Å². The van der Waals surface area contributed by atoms with Crippen LogP contribution in [-0.2, 0) is 18.4 Å².